The molecule has 0 bridgehead atoms. The molecule has 562 valence electrons. The number of alkyl halides is 9. The summed E-state index contributed by atoms with van der Waals surface area (Å²) in [6, 6.07) is 19.4. The number of fused-ring (bicyclic) bond motifs is 2. The molecule has 0 saturated carbocycles. The zero-order valence-electron chi connectivity index (χ0n) is 57.9. The molecule has 2 aromatic heterocycles. The van der Waals surface area contributed by atoms with Gasteiger partial charge in [-0.05, 0) is 125 Å². The van der Waals surface area contributed by atoms with Gasteiger partial charge in [0.05, 0.1) is 85.4 Å². The molecule has 0 spiro atoms. The molecule has 23 nitrogen and oxygen atoms in total. The summed E-state index contributed by atoms with van der Waals surface area (Å²) in [6.07, 6.45) is -9.74. The molecule has 103 heavy (non-hydrogen) atoms. The standard InChI is InChI=1S/C34H39F4N5O6.C27H28F4N4O3.C10H19INO4/c1-4-49-31(44)13-12-28(33(46)47)41-32(45)21-10-11-27(30(17-21)48-3)39-15-6-7-22-18-23-25(40-26-14-16-42(2)19-24(26)35)8-5-9-29(23)43(22)20-34(36,37)38;1-34-12-10-22(20(28)15-34)33-21-6-3-7-24-19(21)14-18(35(24)16-27(29,30)31)5-4-11-32-23-9-8-17(26(36)37)13-25(23)38-2;1-3-15-9(13)6-5-8(7-11-12)10(14)16-4-2/h5,8-11,17-18,24,26,28,39-40H,4,12-16,19-20H2,1-3H3,(H,41,45)(H,46,47);3,6-9,13-14,20,22,32-33H,10-12,15-16H2,1-2H3,(H,36,37);8H,3-7,12H2,1-2H3/q;;-1/t24-,26+,28-;20-,22+;/m00./s1. The van der Waals surface area contributed by atoms with Crippen LogP contribution >= 0.6 is 0 Å². The number of likely N-dealkylation sites (tertiary alicyclic amines) is 2. The van der Waals surface area contributed by atoms with Gasteiger partial charge in [0.2, 0.25) is 0 Å². The van der Waals surface area contributed by atoms with Crippen molar-refractivity contribution in [1.82, 2.24) is 24.3 Å². The van der Waals surface area contributed by atoms with Crippen molar-refractivity contribution in [3.63, 3.8) is 0 Å². The van der Waals surface area contributed by atoms with Crippen LogP contribution in [-0.4, -0.2) is 200 Å². The first-order valence-corrected chi connectivity index (χ1v) is 35.7. The number of nitrogens with one attached hydrogen (secondary N) is 5. The van der Waals surface area contributed by atoms with Crippen molar-refractivity contribution in [3.8, 4) is 35.2 Å². The maximum atomic E-state index is 14.8. The van der Waals surface area contributed by atoms with Crippen LogP contribution in [0.4, 0.5) is 57.9 Å². The third-order valence-electron chi connectivity index (χ3n) is 16.3. The van der Waals surface area contributed by atoms with E-state index in [2.05, 4.69) is 50.3 Å². The van der Waals surface area contributed by atoms with Gasteiger partial charge in [0.15, 0.2) is 0 Å². The Kier molecular flexibility index (Phi) is 32.1. The Bertz CT molecular complexity index is 4000. The second-order valence-electron chi connectivity index (χ2n) is 23.8. The Balaban J connectivity index is 0.000000272. The average Bonchev–Trinajstić information content (AvgIpc) is 1.64. The van der Waals surface area contributed by atoms with Gasteiger partial charge in [0, 0.05) is 60.3 Å². The predicted molar refractivity (Wildman–Crippen MR) is 368 cm³/mol. The molecule has 2 saturated heterocycles. The molecule has 2 aliphatic heterocycles. The summed E-state index contributed by atoms with van der Waals surface area (Å²) in [5, 5.41) is 34.4. The number of esters is 3. The fraction of sp³-hybridized carbons (Fsp3) is 0.465. The van der Waals surface area contributed by atoms with Crippen LogP contribution in [0.15, 0.2) is 84.9 Å². The van der Waals surface area contributed by atoms with Crippen LogP contribution in [0.2, 0.25) is 0 Å². The van der Waals surface area contributed by atoms with Gasteiger partial charge in [-0.15, -0.1) is 0 Å². The number of ether oxygens (including phenoxy) is 5. The normalized spacial score (nSPS) is 16.7. The van der Waals surface area contributed by atoms with Gasteiger partial charge in [0.1, 0.15) is 43.0 Å². The number of aliphatic carboxylic acids is 1. The number of hydrogen-bond donors (Lipinski definition) is 8. The monoisotopic (exact) mass is 1570 g/mol. The molecule has 9 N–H and O–H groups in total. The van der Waals surface area contributed by atoms with Gasteiger partial charge in [0.25, 0.3) is 5.91 Å². The van der Waals surface area contributed by atoms with Crippen molar-refractivity contribution < 1.29 is 119 Å². The first-order valence-electron chi connectivity index (χ1n) is 32.9. The number of piperidine rings is 2. The molecule has 32 heteroatoms. The number of amides is 1. The third-order valence-corrected chi connectivity index (χ3v) is 17.8. The summed E-state index contributed by atoms with van der Waals surface area (Å²) in [7, 11) is 6.45. The molecule has 0 radical (unpaired) electrons. The SMILES string of the molecule is CCOC(=O)CCC(C[I-]N)C(=O)OCC.CCOC(=O)CC[C@H](NC(=O)c1ccc(NCC#Cc2cc3c(N[C@@H]4CCN(C)C[C@@H]4F)cccc3n2CC(F)(F)F)c(OC)c1)C(=O)O.COc1cc(C(=O)O)ccc1NCC#Cc1cc2c(N[C@@H]3CCN(C)C[C@@H]3F)cccc2n1CC(F)(F)F. The van der Waals surface area contributed by atoms with E-state index in [1.807, 2.05) is 23.9 Å². The predicted octanol–water partition coefficient (Wildman–Crippen LogP) is 6.96. The van der Waals surface area contributed by atoms with Gasteiger partial charge >= 0.3 is 137 Å². The summed E-state index contributed by atoms with van der Waals surface area (Å²) in [5.74, 6) is 7.37. The van der Waals surface area contributed by atoms with Crippen LogP contribution in [0, 0.1) is 29.6 Å². The van der Waals surface area contributed by atoms with E-state index in [0.717, 1.165) is 15.7 Å². The van der Waals surface area contributed by atoms with Crippen LogP contribution in [0.1, 0.15) is 91.4 Å². The number of carbonyl (C=O) groups is 6. The summed E-state index contributed by atoms with van der Waals surface area (Å²) in [6.45, 7) is 5.56. The molecule has 4 aromatic carbocycles. The fourth-order valence-electron chi connectivity index (χ4n) is 11.2. The van der Waals surface area contributed by atoms with Gasteiger partial charge in [-0.2, -0.15) is 26.3 Å². The van der Waals surface area contributed by atoms with E-state index < -0.39 is 101 Å². The first-order chi connectivity index (χ1) is 49.0. The molecule has 6 aromatic rings. The summed E-state index contributed by atoms with van der Waals surface area (Å²) in [4.78, 5) is 73.6. The van der Waals surface area contributed by atoms with E-state index in [1.165, 1.54) is 50.6 Å². The van der Waals surface area contributed by atoms with Crippen molar-refractivity contribution in [2.75, 3.05) is 113 Å². The van der Waals surface area contributed by atoms with Crippen LogP contribution in [0.3, 0.4) is 0 Å². The smallest absolute Gasteiger partial charge is 0.406 e. The number of methoxy groups -OCH3 is 2. The van der Waals surface area contributed by atoms with Crippen LogP contribution in [0.25, 0.3) is 21.8 Å². The minimum atomic E-state index is -4.52. The number of benzene rings is 4. The number of aromatic carboxylic acids is 1. The molecule has 0 aliphatic carbocycles. The Morgan fingerprint density at radius 3 is 1.48 bits per heavy atom. The van der Waals surface area contributed by atoms with Gasteiger partial charge in [-0.3, -0.25) is 9.59 Å². The number of aromatic nitrogens is 2. The second-order valence-corrected chi connectivity index (χ2v) is 25.6. The Morgan fingerprint density at radius 1 is 0.621 bits per heavy atom. The number of anilines is 4. The zero-order valence-corrected chi connectivity index (χ0v) is 60.1. The van der Waals surface area contributed by atoms with Crippen LogP contribution in [0.5, 0.6) is 11.5 Å². The first kappa shape index (κ1) is 82.7. The minimum absolute atomic E-state index is 0.00533. The second kappa shape index (κ2) is 40.0. The number of nitrogens with two attached hydrogens (primary N) is 1. The van der Waals surface area contributed by atoms with Crippen LogP contribution < -0.4 is 61.5 Å². The van der Waals surface area contributed by atoms with Crippen molar-refractivity contribution in [2.24, 2.45) is 9.86 Å². The number of carboxylic acid groups (broad SMARTS) is 2. The minimum Gasteiger partial charge on any atom is -0.495 e. The molecule has 8 rings (SSSR count). The number of halogens is 9. The maximum absolute atomic E-state index is 14.8. The van der Waals surface area contributed by atoms with E-state index in [0.29, 0.717) is 93.8 Å². The van der Waals surface area contributed by atoms with Crippen molar-refractivity contribution in [1.29, 1.82) is 0 Å². The Hall–Kier alpha value is -9.25. The molecule has 2 fully saturated rings. The molecule has 6 atom stereocenters. The largest absolute Gasteiger partial charge is 0.495 e. The van der Waals surface area contributed by atoms with Crippen LogP contribution in [-0.2, 0) is 46.5 Å². The van der Waals surface area contributed by atoms with Gasteiger partial charge in [-0.25, -0.2) is 18.4 Å². The van der Waals surface area contributed by atoms with Crippen molar-refractivity contribution >= 4 is 80.3 Å². The molecule has 1 unspecified atom stereocenters. The van der Waals surface area contributed by atoms with Crippen molar-refractivity contribution in [3.05, 3.63) is 107 Å². The van der Waals surface area contributed by atoms with E-state index in [4.69, 9.17) is 32.7 Å². The molecular formula is C71H86F8IN10O13-. The Labute approximate surface area is 601 Å². The quantitative estimate of drug-likeness (QED) is 0.00469. The number of rotatable bonds is 28. The average molecular weight is 1570 g/mol. The number of carbonyl (C=O) groups excluding carboxylic acids is 4. The van der Waals surface area contributed by atoms with Gasteiger partial charge in [-0.1, -0.05) is 24.0 Å². The number of hydrogen-bond acceptors (Lipinski definition) is 18. The fourth-order valence-corrected chi connectivity index (χ4v) is 12.6. The maximum Gasteiger partial charge on any atom is 0.406 e. The van der Waals surface area contributed by atoms with E-state index in [1.54, 1.807) is 69.3 Å². The molecular weight excluding hydrogens is 1480 g/mol. The molecule has 4 heterocycles. The third kappa shape index (κ3) is 25.6. The Morgan fingerprint density at radius 2 is 1.07 bits per heavy atom. The zero-order chi connectivity index (χ0) is 75.6. The molecule has 2 aliphatic rings. The topological polar surface area (TPSA) is 292 Å². The molecule has 1 amide bonds. The number of carboxylic acids is 2. The van der Waals surface area contributed by atoms with Gasteiger partial charge < -0.3 is 69.9 Å². The van der Waals surface area contributed by atoms with E-state index in [-0.39, 0.29) is 98.2 Å². The summed E-state index contributed by atoms with van der Waals surface area (Å²) >= 11 is -0.471. The summed E-state index contributed by atoms with van der Waals surface area (Å²) < 4.78 is 144. The van der Waals surface area contributed by atoms with Crippen molar-refractivity contribution in [2.45, 2.75) is 115 Å². The number of nitrogens with zero attached hydrogens (tertiary/aromatic N) is 4. The van der Waals surface area contributed by atoms with E-state index >= 15 is 0 Å². The summed E-state index contributed by atoms with van der Waals surface area (Å²) in [5.41, 5.74) is 3.10. The van der Waals surface area contributed by atoms with E-state index in [9.17, 15) is 69.0 Å².